The molecule has 0 aliphatic carbocycles. The van der Waals surface area contributed by atoms with Crippen LogP contribution in [0.4, 0.5) is 0 Å². The molecule has 0 aromatic rings. The molecule has 0 rings (SSSR count). The van der Waals surface area contributed by atoms with Gasteiger partial charge in [-0.05, 0) is 59.2 Å². The molecule has 0 aliphatic heterocycles. The second-order valence-electron chi connectivity index (χ2n) is 7.47. The van der Waals surface area contributed by atoms with Gasteiger partial charge in [-0.25, -0.2) is 0 Å². The number of hydrogen-bond donors (Lipinski definition) is 0. The Morgan fingerprint density at radius 1 is 1.10 bits per heavy atom. The Bertz CT molecular complexity index is 400. The molecule has 0 aromatic carbocycles. The molecule has 2 nitrogen and oxygen atoms in total. The van der Waals surface area contributed by atoms with E-state index in [0.717, 1.165) is 6.42 Å². The van der Waals surface area contributed by atoms with Gasteiger partial charge in [0, 0.05) is 0 Å². The van der Waals surface area contributed by atoms with Crippen LogP contribution in [0.25, 0.3) is 0 Å². The second-order valence-corrected chi connectivity index (χ2v) is 19.6. The van der Waals surface area contributed by atoms with Crippen molar-refractivity contribution in [3.8, 4) is 11.5 Å². The van der Waals surface area contributed by atoms with Gasteiger partial charge in [-0.15, -0.1) is 6.58 Å². The van der Waals surface area contributed by atoms with Crippen molar-refractivity contribution in [2.45, 2.75) is 71.7 Å². The summed E-state index contributed by atoms with van der Waals surface area (Å²) in [6.45, 7) is 23.4. The highest BCUT2D eigenvalue weighted by Crippen LogP contribution is 2.21. The Labute approximate surface area is 129 Å². The van der Waals surface area contributed by atoms with Crippen LogP contribution in [0.1, 0.15) is 20.3 Å². The summed E-state index contributed by atoms with van der Waals surface area (Å²) in [7, 11) is -5.37. The zero-order valence-electron chi connectivity index (χ0n) is 14.8. The van der Waals surface area contributed by atoms with E-state index >= 15 is 0 Å². The van der Waals surface area contributed by atoms with Crippen molar-refractivity contribution in [2.24, 2.45) is 0 Å². The molecule has 0 fully saturated rings. The highest BCUT2D eigenvalue weighted by atomic mass is 28.4. The van der Waals surface area contributed by atoms with E-state index in [1.54, 1.807) is 0 Å². The van der Waals surface area contributed by atoms with Crippen molar-refractivity contribution in [1.82, 2.24) is 0 Å². The minimum atomic E-state index is -2.00. The third-order valence-electron chi connectivity index (χ3n) is 2.84. The van der Waals surface area contributed by atoms with Crippen LogP contribution in [0.5, 0.6) is 0 Å². The Kier molecular flexibility index (Phi) is 6.71. The van der Waals surface area contributed by atoms with Gasteiger partial charge in [-0.1, -0.05) is 24.1 Å². The van der Waals surface area contributed by atoms with Crippen LogP contribution >= 0.6 is 0 Å². The number of hydrogen-bond acceptors (Lipinski definition) is 2. The van der Waals surface area contributed by atoms with Gasteiger partial charge in [0.15, 0.2) is 16.6 Å². The predicted octanol–water partition coefficient (Wildman–Crippen LogP) is 4.70. The zero-order valence-corrected chi connectivity index (χ0v) is 17.8. The van der Waals surface area contributed by atoms with Crippen LogP contribution in [0.2, 0.25) is 45.8 Å². The molecular weight excluding hydrogens is 296 g/mol. The molecule has 0 heterocycles. The number of rotatable bonds is 6. The normalized spacial score (nSPS) is 16.1. The molecule has 0 amide bonds. The Morgan fingerprint density at radius 2 is 1.60 bits per heavy atom. The summed E-state index contributed by atoms with van der Waals surface area (Å²) >= 11 is 0. The maximum atomic E-state index is 6.29. The summed E-state index contributed by atoms with van der Waals surface area (Å²) in [5.74, 6) is 3.38. The molecule has 1 unspecified atom stereocenters. The summed E-state index contributed by atoms with van der Waals surface area (Å²) in [5.41, 5.74) is 5.04. The maximum absolute atomic E-state index is 6.29. The molecular formula is C15H32O2Si3. The first-order chi connectivity index (χ1) is 8.74. The van der Waals surface area contributed by atoms with Crippen LogP contribution < -0.4 is 0 Å². The molecule has 116 valence electrons. The van der Waals surface area contributed by atoms with E-state index in [0.29, 0.717) is 0 Å². The smallest absolute Gasteiger partial charge is 0.256 e. The van der Waals surface area contributed by atoms with E-state index in [2.05, 4.69) is 77.7 Å². The van der Waals surface area contributed by atoms with Crippen LogP contribution in [0.3, 0.4) is 0 Å². The van der Waals surface area contributed by atoms with E-state index in [4.69, 9.17) is 8.54 Å². The van der Waals surface area contributed by atoms with Crippen molar-refractivity contribution in [1.29, 1.82) is 0 Å². The second kappa shape index (κ2) is 6.75. The van der Waals surface area contributed by atoms with Crippen molar-refractivity contribution in [2.75, 3.05) is 0 Å². The molecule has 0 spiro atoms. The third-order valence-corrected chi connectivity index (χ3v) is 9.76. The lowest BCUT2D eigenvalue weighted by molar-refractivity contribution is 0.138. The first kappa shape index (κ1) is 19.9. The summed E-state index contributed by atoms with van der Waals surface area (Å²) < 4.78 is 12.5. The third kappa shape index (κ3) is 8.22. The topological polar surface area (TPSA) is 18.5 Å². The van der Waals surface area contributed by atoms with Gasteiger partial charge in [0.1, 0.15) is 5.60 Å². The summed E-state index contributed by atoms with van der Waals surface area (Å²) in [4.78, 5) is 0. The molecule has 20 heavy (non-hydrogen) atoms. The van der Waals surface area contributed by atoms with E-state index in [1.807, 2.05) is 5.70 Å². The van der Waals surface area contributed by atoms with Gasteiger partial charge < -0.3 is 8.54 Å². The first-order valence-electron chi connectivity index (χ1n) is 7.32. The fraction of sp³-hybridized carbons (Fsp3) is 0.733. The Hall–Kier alpha value is -0.129. The fourth-order valence-corrected chi connectivity index (χ4v) is 9.78. The van der Waals surface area contributed by atoms with E-state index < -0.39 is 25.0 Å². The van der Waals surface area contributed by atoms with E-state index in [-0.39, 0.29) is 5.60 Å². The van der Waals surface area contributed by atoms with Gasteiger partial charge in [0.2, 0.25) is 0 Å². The molecule has 0 saturated carbocycles. The van der Waals surface area contributed by atoms with Gasteiger partial charge in [0.25, 0.3) is 8.32 Å². The minimum Gasteiger partial charge on any atom is -0.444 e. The monoisotopic (exact) mass is 328 g/mol. The molecule has 0 radical (unpaired) electrons. The zero-order chi connectivity index (χ0) is 16.2. The van der Waals surface area contributed by atoms with Gasteiger partial charge in [0.05, 0.1) is 0 Å². The average Bonchev–Trinajstić information content (AvgIpc) is 2.23. The summed E-state index contributed by atoms with van der Waals surface area (Å²) in [6, 6.07) is 0. The van der Waals surface area contributed by atoms with E-state index in [1.165, 1.54) is 0 Å². The first-order valence-corrected chi connectivity index (χ1v) is 16.6. The Morgan fingerprint density at radius 3 is 1.95 bits per heavy atom. The van der Waals surface area contributed by atoms with Crippen molar-refractivity contribution in [3.05, 3.63) is 12.3 Å². The van der Waals surface area contributed by atoms with Crippen molar-refractivity contribution < 1.29 is 8.54 Å². The standard InChI is InChI=1S/C15H32O2Si3/c1-11-15(3,16-18(4,5)6)13-14-20(9,10)17-19(7,8)12-2/h12H,2,11H2,1,3-10H3. The molecule has 0 aliphatic rings. The SMILES string of the molecule is C=C[Si](C)(C)O[Si](C)(C)C#CC(C)(CC)O[Si](C)(C)C. The van der Waals surface area contributed by atoms with Crippen LogP contribution in [-0.4, -0.2) is 30.6 Å². The molecule has 1 atom stereocenters. The minimum absolute atomic E-state index is 0.349. The van der Waals surface area contributed by atoms with Crippen LogP contribution in [0, 0.1) is 11.5 Å². The van der Waals surface area contributed by atoms with Crippen LogP contribution in [-0.2, 0) is 8.54 Å². The average molecular weight is 329 g/mol. The lowest BCUT2D eigenvalue weighted by Crippen LogP contribution is -2.44. The molecule has 0 aromatic heterocycles. The molecule has 5 heteroatoms. The van der Waals surface area contributed by atoms with Gasteiger partial charge >= 0.3 is 0 Å². The Balaban J connectivity index is 5.12. The molecule has 0 bridgehead atoms. The predicted molar refractivity (Wildman–Crippen MR) is 97.1 cm³/mol. The van der Waals surface area contributed by atoms with Crippen molar-refractivity contribution >= 4 is 25.0 Å². The summed E-state index contributed by atoms with van der Waals surface area (Å²) in [5, 5.41) is 0. The van der Waals surface area contributed by atoms with E-state index in [9.17, 15) is 0 Å². The van der Waals surface area contributed by atoms with Gasteiger partial charge in [-0.2, -0.15) is 0 Å². The van der Waals surface area contributed by atoms with Crippen LogP contribution in [0.15, 0.2) is 12.3 Å². The summed E-state index contributed by atoms with van der Waals surface area (Å²) in [6.07, 6.45) is 0.900. The highest BCUT2D eigenvalue weighted by Gasteiger charge is 2.32. The molecule has 0 saturated heterocycles. The fourth-order valence-electron chi connectivity index (χ4n) is 1.87. The largest absolute Gasteiger partial charge is 0.444 e. The van der Waals surface area contributed by atoms with Crippen molar-refractivity contribution in [3.63, 3.8) is 0 Å². The lowest BCUT2D eigenvalue weighted by atomic mass is 10.1. The quantitative estimate of drug-likeness (QED) is 0.519. The molecule has 0 N–H and O–H groups in total. The maximum Gasteiger partial charge on any atom is 0.256 e. The highest BCUT2D eigenvalue weighted by molar-refractivity contribution is 6.91. The lowest BCUT2D eigenvalue weighted by Gasteiger charge is -2.32. The van der Waals surface area contributed by atoms with Gasteiger partial charge in [-0.3, -0.25) is 0 Å².